The molecule has 0 fully saturated rings. The predicted molar refractivity (Wildman–Crippen MR) is 77.2 cm³/mol. The Morgan fingerprint density at radius 2 is 1.81 bits per heavy atom. The molecule has 0 aliphatic carbocycles. The van der Waals surface area contributed by atoms with Crippen LogP contribution in [0.1, 0.15) is 0 Å². The molecule has 0 amide bonds. The molecule has 0 aliphatic rings. The summed E-state index contributed by atoms with van der Waals surface area (Å²) >= 11 is 0. The van der Waals surface area contributed by atoms with Gasteiger partial charge in [0, 0.05) is 5.69 Å². The summed E-state index contributed by atoms with van der Waals surface area (Å²) in [6.07, 6.45) is 0. The van der Waals surface area contributed by atoms with Crippen molar-refractivity contribution in [2.75, 3.05) is 5.43 Å². The quantitative estimate of drug-likeness (QED) is 0.632. The van der Waals surface area contributed by atoms with Crippen molar-refractivity contribution in [3.8, 4) is 0 Å². The van der Waals surface area contributed by atoms with E-state index in [1.807, 2.05) is 6.07 Å². The van der Waals surface area contributed by atoms with Crippen molar-refractivity contribution in [1.29, 1.82) is 0 Å². The average Bonchev–Trinajstić information content (AvgIpc) is 2.85. The van der Waals surface area contributed by atoms with Crippen molar-refractivity contribution in [2.24, 2.45) is 0 Å². The van der Waals surface area contributed by atoms with Gasteiger partial charge in [0.15, 0.2) is 5.58 Å². The van der Waals surface area contributed by atoms with Gasteiger partial charge in [0.25, 0.3) is 10.0 Å². The lowest BCUT2D eigenvalue weighted by Crippen LogP contribution is -2.29. The fraction of sp³-hybridized carbons (Fsp3) is 0. The normalized spacial score (nSPS) is 11.6. The number of oxazole rings is 1. The number of rotatable bonds is 4. The van der Waals surface area contributed by atoms with Crippen molar-refractivity contribution in [3.05, 3.63) is 59.1 Å². The molecule has 0 spiro atoms. The molecule has 0 bridgehead atoms. The number of fused-ring (bicyclic) bond motifs is 1. The highest BCUT2D eigenvalue weighted by molar-refractivity contribution is 7.89. The lowest BCUT2D eigenvalue weighted by Gasteiger charge is -2.09. The van der Waals surface area contributed by atoms with Gasteiger partial charge in [-0.25, -0.2) is 13.2 Å². The highest BCUT2D eigenvalue weighted by atomic mass is 32.2. The van der Waals surface area contributed by atoms with E-state index in [1.54, 1.807) is 24.3 Å². The number of hydrogen-bond acceptors (Lipinski definition) is 5. The zero-order chi connectivity index (χ0) is 14.9. The van der Waals surface area contributed by atoms with Gasteiger partial charge in [-0.15, -0.1) is 4.83 Å². The first-order chi connectivity index (χ1) is 10.0. The Bertz CT molecular complexity index is 929. The van der Waals surface area contributed by atoms with Gasteiger partial charge >= 0.3 is 5.76 Å². The molecule has 0 atom stereocenters. The monoisotopic (exact) mass is 305 g/mol. The lowest BCUT2D eigenvalue weighted by atomic mass is 10.3. The maximum absolute atomic E-state index is 12.2. The predicted octanol–water partition coefficient (Wildman–Crippen LogP) is 1.43. The Balaban J connectivity index is 1.87. The second kappa shape index (κ2) is 5.08. The number of aromatic nitrogens is 1. The first kappa shape index (κ1) is 13.4. The van der Waals surface area contributed by atoms with Gasteiger partial charge in [-0.2, -0.15) is 0 Å². The number of hydrogen-bond donors (Lipinski definition) is 3. The topological polar surface area (TPSA) is 104 Å². The van der Waals surface area contributed by atoms with Crippen LogP contribution in [0.2, 0.25) is 0 Å². The Morgan fingerprint density at radius 3 is 2.57 bits per heavy atom. The number of anilines is 1. The molecular formula is C13H11N3O4S. The van der Waals surface area contributed by atoms with Crippen LogP contribution in [-0.4, -0.2) is 13.4 Å². The molecule has 0 saturated heterocycles. The maximum atomic E-state index is 12.2. The Hall–Kier alpha value is -2.58. The van der Waals surface area contributed by atoms with Crippen LogP contribution < -0.4 is 16.0 Å². The van der Waals surface area contributed by atoms with Crippen molar-refractivity contribution < 1.29 is 12.8 Å². The van der Waals surface area contributed by atoms with E-state index in [0.717, 1.165) is 0 Å². The highest BCUT2D eigenvalue weighted by Gasteiger charge is 2.15. The number of H-pyrrole nitrogens is 1. The summed E-state index contributed by atoms with van der Waals surface area (Å²) in [7, 11) is -3.77. The molecule has 3 N–H and O–H groups in total. The molecular weight excluding hydrogens is 294 g/mol. The number of benzene rings is 2. The third-order valence-electron chi connectivity index (χ3n) is 2.80. The smallest absolute Gasteiger partial charge is 0.408 e. The number of para-hydroxylation sites is 1. The second-order valence-electron chi connectivity index (χ2n) is 4.27. The minimum Gasteiger partial charge on any atom is -0.408 e. The summed E-state index contributed by atoms with van der Waals surface area (Å²) < 4.78 is 29.1. The Morgan fingerprint density at radius 1 is 1.05 bits per heavy atom. The number of nitrogens with one attached hydrogen (secondary N) is 3. The van der Waals surface area contributed by atoms with Crippen molar-refractivity contribution in [1.82, 2.24) is 9.82 Å². The van der Waals surface area contributed by atoms with Gasteiger partial charge < -0.3 is 9.84 Å². The van der Waals surface area contributed by atoms with Crippen LogP contribution in [0, 0.1) is 0 Å². The standard InChI is InChI=1S/C13H11N3O4S/c17-13-14-11-8-10(6-7-12(11)20-13)21(18,19)16-15-9-4-2-1-3-5-9/h1-8,15-16H,(H,14,17). The van der Waals surface area contributed by atoms with Crippen molar-refractivity contribution >= 4 is 26.8 Å². The fourth-order valence-electron chi connectivity index (χ4n) is 1.80. The van der Waals surface area contributed by atoms with Gasteiger partial charge in [0.1, 0.15) is 0 Å². The van der Waals surface area contributed by atoms with Crippen LogP contribution in [0.3, 0.4) is 0 Å². The highest BCUT2D eigenvalue weighted by Crippen LogP contribution is 2.16. The van der Waals surface area contributed by atoms with Gasteiger partial charge in [-0.3, -0.25) is 4.98 Å². The summed E-state index contributed by atoms with van der Waals surface area (Å²) in [6.45, 7) is 0. The summed E-state index contributed by atoms with van der Waals surface area (Å²) in [5.41, 5.74) is 3.84. The van der Waals surface area contributed by atoms with E-state index in [1.165, 1.54) is 18.2 Å². The molecule has 0 saturated carbocycles. The first-order valence-corrected chi connectivity index (χ1v) is 7.49. The van der Waals surface area contributed by atoms with Crippen LogP contribution >= 0.6 is 0 Å². The molecule has 0 radical (unpaired) electrons. The van der Waals surface area contributed by atoms with Gasteiger partial charge in [-0.1, -0.05) is 18.2 Å². The molecule has 3 rings (SSSR count). The molecule has 2 aromatic carbocycles. The van der Waals surface area contributed by atoms with E-state index in [-0.39, 0.29) is 4.90 Å². The molecule has 3 aromatic rings. The average molecular weight is 305 g/mol. The molecule has 21 heavy (non-hydrogen) atoms. The van der Waals surface area contributed by atoms with E-state index in [2.05, 4.69) is 15.2 Å². The zero-order valence-electron chi connectivity index (χ0n) is 10.7. The summed E-state index contributed by atoms with van der Waals surface area (Å²) in [5, 5.41) is 0. The molecule has 0 unspecified atom stereocenters. The second-order valence-corrected chi connectivity index (χ2v) is 5.95. The molecule has 1 heterocycles. The van der Waals surface area contributed by atoms with Crippen molar-refractivity contribution in [2.45, 2.75) is 4.90 Å². The van der Waals surface area contributed by atoms with Crippen LogP contribution in [0.4, 0.5) is 5.69 Å². The molecule has 108 valence electrons. The summed E-state index contributed by atoms with van der Waals surface area (Å²) in [6, 6.07) is 12.9. The molecule has 8 heteroatoms. The molecule has 0 aliphatic heterocycles. The minimum atomic E-state index is -3.77. The van der Waals surface area contributed by atoms with Crippen LogP contribution in [-0.2, 0) is 10.0 Å². The van der Waals surface area contributed by atoms with E-state index < -0.39 is 15.8 Å². The number of hydrazine groups is 1. The third kappa shape index (κ3) is 2.81. The van der Waals surface area contributed by atoms with E-state index >= 15 is 0 Å². The van der Waals surface area contributed by atoms with Crippen LogP contribution in [0.15, 0.2) is 62.6 Å². The Labute approximate surface area is 119 Å². The van der Waals surface area contributed by atoms with E-state index in [4.69, 9.17) is 4.42 Å². The fourth-order valence-corrected chi connectivity index (χ4v) is 2.70. The first-order valence-electron chi connectivity index (χ1n) is 6.00. The number of aromatic amines is 1. The largest absolute Gasteiger partial charge is 0.417 e. The van der Waals surface area contributed by atoms with Gasteiger partial charge in [0.05, 0.1) is 10.4 Å². The zero-order valence-corrected chi connectivity index (χ0v) is 11.5. The van der Waals surface area contributed by atoms with Gasteiger partial charge in [-0.05, 0) is 30.3 Å². The molecule has 7 nitrogen and oxygen atoms in total. The summed E-state index contributed by atoms with van der Waals surface area (Å²) in [5.74, 6) is -0.630. The number of sulfonamides is 1. The van der Waals surface area contributed by atoms with Crippen molar-refractivity contribution in [3.63, 3.8) is 0 Å². The third-order valence-corrected chi connectivity index (χ3v) is 4.05. The summed E-state index contributed by atoms with van der Waals surface area (Å²) in [4.78, 5) is 15.7. The SMILES string of the molecule is O=c1[nH]c2cc(S(=O)(=O)NNc3ccccc3)ccc2o1. The van der Waals surface area contributed by atoms with Gasteiger partial charge in [0.2, 0.25) is 0 Å². The van der Waals surface area contributed by atoms with E-state index in [0.29, 0.717) is 16.8 Å². The lowest BCUT2D eigenvalue weighted by molar-refractivity contribution is 0.555. The Kier molecular flexibility index (Phi) is 3.24. The van der Waals surface area contributed by atoms with E-state index in [9.17, 15) is 13.2 Å². The maximum Gasteiger partial charge on any atom is 0.417 e. The molecule has 1 aromatic heterocycles. The van der Waals surface area contributed by atoms with Crippen LogP contribution in [0.25, 0.3) is 11.1 Å². The van der Waals surface area contributed by atoms with Crippen LogP contribution in [0.5, 0.6) is 0 Å². The minimum absolute atomic E-state index is 0.00970.